The van der Waals surface area contributed by atoms with Crippen LogP contribution in [-0.2, 0) is 16.0 Å². The number of halogens is 1. The van der Waals surface area contributed by atoms with Crippen LogP contribution in [-0.4, -0.2) is 28.8 Å². The number of amides is 1. The van der Waals surface area contributed by atoms with Crippen LogP contribution in [0.1, 0.15) is 32.8 Å². The zero-order valence-electron chi connectivity index (χ0n) is 12.4. The second kappa shape index (κ2) is 7.45. The van der Waals surface area contributed by atoms with Crippen LogP contribution in [0.2, 0.25) is 0 Å². The van der Waals surface area contributed by atoms with E-state index in [1.54, 1.807) is 20.8 Å². The molecule has 0 aliphatic heterocycles. The van der Waals surface area contributed by atoms with Crippen LogP contribution >= 0.6 is 15.9 Å². The molecule has 0 bridgehead atoms. The molecule has 1 amide bonds. The number of aryl methyl sites for hydroxylation is 1. The summed E-state index contributed by atoms with van der Waals surface area (Å²) < 4.78 is 6.01. The third-order valence-corrected chi connectivity index (χ3v) is 3.09. The Balaban J connectivity index is 2.58. The van der Waals surface area contributed by atoms with Gasteiger partial charge in [0.25, 0.3) is 0 Å². The van der Waals surface area contributed by atoms with E-state index in [2.05, 4.69) is 21.2 Å². The Hall–Kier alpha value is -1.56. The van der Waals surface area contributed by atoms with Crippen molar-refractivity contribution in [3.05, 3.63) is 34.3 Å². The molecule has 0 aliphatic carbocycles. The zero-order valence-corrected chi connectivity index (χ0v) is 13.9. The van der Waals surface area contributed by atoms with Gasteiger partial charge in [-0.2, -0.15) is 0 Å². The van der Waals surface area contributed by atoms with Crippen LogP contribution < -0.4 is 5.32 Å². The van der Waals surface area contributed by atoms with E-state index in [1.807, 2.05) is 24.3 Å². The summed E-state index contributed by atoms with van der Waals surface area (Å²) in [5.41, 5.74) is 0.346. The highest BCUT2D eigenvalue weighted by molar-refractivity contribution is 9.10. The number of carboxylic acids is 1. The van der Waals surface area contributed by atoms with E-state index in [-0.39, 0.29) is 0 Å². The summed E-state index contributed by atoms with van der Waals surface area (Å²) in [6, 6.07) is 6.65. The highest BCUT2D eigenvalue weighted by Crippen LogP contribution is 2.14. The number of carbonyl (C=O) groups excluding carboxylic acids is 1. The maximum atomic E-state index is 11.6. The first-order chi connectivity index (χ1) is 9.67. The van der Waals surface area contributed by atoms with Crippen LogP contribution in [0.4, 0.5) is 4.79 Å². The van der Waals surface area contributed by atoms with Gasteiger partial charge >= 0.3 is 12.1 Å². The Morgan fingerprint density at radius 2 is 2.05 bits per heavy atom. The van der Waals surface area contributed by atoms with E-state index in [0.717, 1.165) is 10.0 Å². The first-order valence-corrected chi connectivity index (χ1v) is 7.43. The first-order valence-electron chi connectivity index (χ1n) is 6.64. The summed E-state index contributed by atoms with van der Waals surface area (Å²) in [4.78, 5) is 22.8. The average Bonchev–Trinajstić information content (AvgIpc) is 2.32. The molecule has 0 heterocycles. The SMILES string of the molecule is CC(C)(C)OC(=O)NC(CCc1cccc(Br)c1)C(=O)O. The van der Waals surface area contributed by atoms with E-state index in [0.29, 0.717) is 12.8 Å². The van der Waals surface area contributed by atoms with Gasteiger partial charge in [-0.15, -0.1) is 0 Å². The molecule has 0 fully saturated rings. The van der Waals surface area contributed by atoms with Crippen LogP contribution in [0.25, 0.3) is 0 Å². The monoisotopic (exact) mass is 357 g/mol. The first kappa shape index (κ1) is 17.5. The number of benzene rings is 1. The number of hydrogen-bond acceptors (Lipinski definition) is 3. The van der Waals surface area contributed by atoms with Gasteiger partial charge in [-0.25, -0.2) is 9.59 Å². The fourth-order valence-corrected chi connectivity index (χ4v) is 2.16. The Morgan fingerprint density at radius 3 is 2.57 bits per heavy atom. The molecule has 6 heteroatoms. The summed E-state index contributed by atoms with van der Waals surface area (Å²) in [6.45, 7) is 5.18. The fraction of sp³-hybridized carbons (Fsp3) is 0.467. The van der Waals surface area contributed by atoms with Crippen molar-refractivity contribution >= 4 is 28.0 Å². The van der Waals surface area contributed by atoms with Gasteiger partial charge in [-0.1, -0.05) is 28.1 Å². The number of ether oxygens (including phenoxy) is 1. The third-order valence-electron chi connectivity index (χ3n) is 2.60. The predicted octanol–water partition coefficient (Wildman–Crippen LogP) is 3.36. The second-order valence-electron chi connectivity index (χ2n) is 5.71. The van der Waals surface area contributed by atoms with Gasteiger partial charge in [0.1, 0.15) is 11.6 Å². The number of rotatable bonds is 5. The fourth-order valence-electron chi connectivity index (χ4n) is 1.71. The van der Waals surface area contributed by atoms with E-state index >= 15 is 0 Å². The van der Waals surface area contributed by atoms with E-state index in [4.69, 9.17) is 4.74 Å². The minimum atomic E-state index is -1.07. The number of aliphatic carboxylic acids is 1. The van der Waals surface area contributed by atoms with Crippen molar-refractivity contribution < 1.29 is 19.4 Å². The summed E-state index contributed by atoms with van der Waals surface area (Å²) in [5, 5.41) is 11.6. The zero-order chi connectivity index (χ0) is 16.0. The van der Waals surface area contributed by atoms with Crippen molar-refractivity contribution in [3.63, 3.8) is 0 Å². The summed E-state index contributed by atoms with van der Waals surface area (Å²) in [7, 11) is 0. The number of alkyl carbamates (subject to hydrolysis) is 1. The van der Waals surface area contributed by atoms with Crippen molar-refractivity contribution in [3.8, 4) is 0 Å². The molecule has 1 atom stereocenters. The van der Waals surface area contributed by atoms with Gasteiger partial charge in [-0.3, -0.25) is 0 Å². The molecule has 21 heavy (non-hydrogen) atoms. The average molecular weight is 358 g/mol. The van der Waals surface area contributed by atoms with Crippen LogP contribution in [0, 0.1) is 0 Å². The van der Waals surface area contributed by atoms with Crippen molar-refractivity contribution in [2.75, 3.05) is 0 Å². The molecule has 116 valence electrons. The van der Waals surface area contributed by atoms with Crippen LogP contribution in [0.5, 0.6) is 0 Å². The van der Waals surface area contributed by atoms with Crippen LogP contribution in [0.15, 0.2) is 28.7 Å². The quantitative estimate of drug-likeness (QED) is 0.846. The molecule has 1 unspecified atom stereocenters. The molecule has 1 aromatic rings. The van der Waals surface area contributed by atoms with E-state index in [9.17, 15) is 14.7 Å². The Bertz CT molecular complexity index is 511. The van der Waals surface area contributed by atoms with Gasteiger partial charge < -0.3 is 15.2 Å². The number of hydrogen-bond donors (Lipinski definition) is 2. The van der Waals surface area contributed by atoms with Crippen molar-refractivity contribution in [2.24, 2.45) is 0 Å². The van der Waals surface area contributed by atoms with Crippen molar-refractivity contribution in [1.82, 2.24) is 5.32 Å². The maximum absolute atomic E-state index is 11.6. The highest BCUT2D eigenvalue weighted by atomic mass is 79.9. The third kappa shape index (κ3) is 7.13. The lowest BCUT2D eigenvalue weighted by molar-refractivity contribution is -0.139. The molecular formula is C15H20BrNO4. The Kier molecular flexibility index (Phi) is 6.20. The number of carbonyl (C=O) groups is 2. The minimum absolute atomic E-state index is 0.297. The molecule has 0 radical (unpaired) electrons. The highest BCUT2D eigenvalue weighted by Gasteiger charge is 2.23. The summed E-state index contributed by atoms with van der Waals surface area (Å²) >= 11 is 3.37. The smallest absolute Gasteiger partial charge is 0.408 e. The molecule has 0 spiro atoms. The maximum Gasteiger partial charge on any atom is 0.408 e. The molecule has 0 aliphatic rings. The van der Waals surface area contributed by atoms with Crippen molar-refractivity contribution in [2.45, 2.75) is 45.3 Å². The summed E-state index contributed by atoms with van der Waals surface area (Å²) in [6.07, 6.45) is 0.126. The predicted molar refractivity (Wildman–Crippen MR) is 83.3 cm³/mol. The lowest BCUT2D eigenvalue weighted by atomic mass is 10.1. The molecule has 0 aromatic heterocycles. The van der Waals surface area contributed by atoms with Gasteiger partial charge in [0.15, 0.2) is 0 Å². The van der Waals surface area contributed by atoms with Crippen LogP contribution in [0.3, 0.4) is 0 Å². The normalized spacial score (nSPS) is 12.6. The Labute approximate surface area is 132 Å². The lowest BCUT2D eigenvalue weighted by Gasteiger charge is -2.22. The standard InChI is InChI=1S/C15H20BrNO4/c1-15(2,3)21-14(20)17-12(13(18)19)8-7-10-5-4-6-11(16)9-10/h4-6,9,12H,7-8H2,1-3H3,(H,17,20)(H,18,19). The topological polar surface area (TPSA) is 75.6 Å². The molecule has 0 saturated carbocycles. The molecule has 5 nitrogen and oxygen atoms in total. The van der Waals surface area contributed by atoms with E-state index in [1.165, 1.54) is 0 Å². The van der Waals surface area contributed by atoms with Gasteiger partial charge in [0, 0.05) is 4.47 Å². The second-order valence-corrected chi connectivity index (χ2v) is 6.62. The van der Waals surface area contributed by atoms with Crippen molar-refractivity contribution in [1.29, 1.82) is 0 Å². The largest absolute Gasteiger partial charge is 0.480 e. The van der Waals surface area contributed by atoms with E-state index < -0.39 is 23.7 Å². The molecule has 2 N–H and O–H groups in total. The Morgan fingerprint density at radius 1 is 1.38 bits per heavy atom. The number of carboxylic acid groups (broad SMARTS) is 1. The molecule has 1 rings (SSSR count). The minimum Gasteiger partial charge on any atom is -0.480 e. The van der Waals surface area contributed by atoms with Gasteiger partial charge in [0.05, 0.1) is 0 Å². The molecule has 1 aromatic carbocycles. The molecule has 0 saturated heterocycles. The summed E-state index contributed by atoms with van der Waals surface area (Å²) in [5.74, 6) is -1.07. The van der Waals surface area contributed by atoms with Gasteiger partial charge in [-0.05, 0) is 51.3 Å². The van der Waals surface area contributed by atoms with Gasteiger partial charge in [0.2, 0.25) is 0 Å². The molecular weight excluding hydrogens is 338 g/mol. The number of nitrogens with one attached hydrogen (secondary N) is 1. The lowest BCUT2D eigenvalue weighted by Crippen LogP contribution is -2.43.